The first-order valence-electron chi connectivity index (χ1n) is 4.92. The monoisotopic (exact) mass is 224 g/mol. The van der Waals surface area contributed by atoms with Crippen LogP contribution in [-0.4, -0.2) is 31.8 Å². The van der Waals surface area contributed by atoms with Gasteiger partial charge in [0.15, 0.2) is 0 Å². The lowest BCUT2D eigenvalue weighted by atomic mass is 10.2. The molecule has 0 spiro atoms. The Labute approximate surface area is 90.7 Å². The third kappa shape index (κ3) is 1.50. The van der Waals surface area contributed by atoms with Gasteiger partial charge in [0.25, 0.3) is 5.56 Å². The van der Waals surface area contributed by atoms with Crippen molar-refractivity contribution in [2.75, 3.05) is 7.11 Å². The van der Waals surface area contributed by atoms with Gasteiger partial charge in [-0.3, -0.25) is 9.78 Å². The smallest absolute Gasteiger partial charge is 0.337 e. The van der Waals surface area contributed by atoms with Gasteiger partial charge in [-0.1, -0.05) is 13.3 Å². The Morgan fingerprint density at radius 2 is 2.31 bits per heavy atom. The molecule has 86 valence electrons. The number of nitrogens with one attached hydrogen (secondary N) is 1. The Balaban J connectivity index is 2.71. The molecular weight excluding hydrogens is 212 g/mol. The van der Waals surface area contributed by atoms with Crippen LogP contribution < -0.4 is 10.3 Å². The highest BCUT2D eigenvalue weighted by Crippen LogP contribution is 2.16. The summed E-state index contributed by atoms with van der Waals surface area (Å²) < 4.78 is 5.98. The zero-order valence-corrected chi connectivity index (χ0v) is 9.02. The minimum absolute atomic E-state index is 0.0969. The number of hydrogen-bond donors (Lipinski definition) is 2. The second kappa shape index (κ2) is 3.84. The largest absolute Gasteiger partial charge is 0.493 e. The van der Waals surface area contributed by atoms with E-state index in [4.69, 9.17) is 4.74 Å². The SMILES string of the molecule is CCCc1c(O)n2nc(OC)nc2[nH]c1=O. The van der Waals surface area contributed by atoms with Gasteiger partial charge in [-0.2, -0.15) is 9.50 Å². The lowest BCUT2D eigenvalue weighted by Crippen LogP contribution is -2.15. The van der Waals surface area contributed by atoms with E-state index in [1.165, 1.54) is 7.11 Å². The molecule has 0 aliphatic rings. The summed E-state index contributed by atoms with van der Waals surface area (Å²) in [6, 6.07) is 0.0969. The van der Waals surface area contributed by atoms with Crippen LogP contribution in [0.25, 0.3) is 5.78 Å². The van der Waals surface area contributed by atoms with E-state index in [1.807, 2.05) is 6.92 Å². The predicted molar refractivity (Wildman–Crippen MR) is 55.8 cm³/mol. The van der Waals surface area contributed by atoms with E-state index in [0.29, 0.717) is 12.0 Å². The lowest BCUT2D eigenvalue weighted by molar-refractivity contribution is 0.374. The van der Waals surface area contributed by atoms with Gasteiger partial charge in [0.1, 0.15) is 0 Å². The maximum absolute atomic E-state index is 11.6. The second-order valence-electron chi connectivity index (χ2n) is 3.34. The van der Waals surface area contributed by atoms with Crippen molar-refractivity contribution in [1.82, 2.24) is 19.6 Å². The van der Waals surface area contributed by atoms with Crippen molar-refractivity contribution in [2.45, 2.75) is 19.8 Å². The van der Waals surface area contributed by atoms with E-state index in [9.17, 15) is 9.90 Å². The number of aromatic amines is 1. The molecule has 2 aromatic rings. The number of hydrogen-bond acceptors (Lipinski definition) is 5. The normalized spacial score (nSPS) is 10.9. The minimum Gasteiger partial charge on any atom is -0.493 e. The van der Waals surface area contributed by atoms with Crippen LogP contribution >= 0.6 is 0 Å². The Bertz CT molecular complexity index is 572. The van der Waals surface area contributed by atoms with E-state index in [-0.39, 0.29) is 23.2 Å². The summed E-state index contributed by atoms with van der Waals surface area (Å²) in [5.41, 5.74) is -0.0375. The first-order valence-corrected chi connectivity index (χ1v) is 4.92. The van der Waals surface area contributed by atoms with Crippen LogP contribution in [0.15, 0.2) is 4.79 Å². The zero-order valence-electron chi connectivity index (χ0n) is 9.02. The van der Waals surface area contributed by atoms with Gasteiger partial charge in [0.2, 0.25) is 11.7 Å². The molecule has 0 saturated carbocycles. The van der Waals surface area contributed by atoms with E-state index in [0.717, 1.165) is 10.9 Å². The van der Waals surface area contributed by atoms with Crippen molar-refractivity contribution in [3.63, 3.8) is 0 Å². The average molecular weight is 224 g/mol. The molecule has 2 N–H and O–H groups in total. The number of ether oxygens (including phenoxy) is 1. The van der Waals surface area contributed by atoms with Crippen LogP contribution in [-0.2, 0) is 6.42 Å². The highest BCUT2D eigenvalue weighted by atomic mass is 16.5. The fourth-order valence-corrected chi connectivity index (χ4v) is 1.49. The molecule has 16 heavy (non-hydrogen) atoms. The number of fused-ring (bicyclic) bond motifs is 1. The number of rotatable bonds is 3. The molecule has 0 saturated heterocycles. The molecule has 7 nitrogen and oxygen atoms in total. The van der Waals surface area contributed by atoms with Crippen molar-refractivity contribution >= 4 is 5.78 Å². The lowest BCUT2D eigenvalue weighted by Gasteiger charge is -2.02. The quantitative estimate of drug-likeness (QED) is 0.770. The summed E-state index contributed by atoms with van der Waals surface area (Å²) in [7, 11) is 1.41. The van der Waals surface area contributed by atoms with Gasteiger partial charge in [0, 0.05) is 0 Å². The maximum Gasteiger partial charge on any atom is 0.337 e. The van der Waals surface area contributed by atoms with Gasteiger partial charge in [0.05, 0.1) is 12.7 Å². The van der Waals surface area contributed by atoms with Crippen LogP contribution in [0.5, 0.6) is 11.9 Å². The van der Waals surface area contributed by atoms with Crippen molar-refractivity contribution in [3.8, 4) is 11.9 Å². The molecule has 2 heterocycles. The van der Waals surface area contributed by atoms with E-state index in [1.54, 1.807) is 0 Å². The fraction of sp³-hybridized carbons (Fsp3) is 0.444. The molecule has 0 aliphatic carbocycles. The van der Waals surface area contributed by atoms with Gasteiger partial charge in [-0.05, 0) is 6.42 Å². The molecule has 0 unspecified atom stereocenters. The molecule has 0 aromatic carbocycles. The van der Waals surface area contributed by atoms with Gasteiger partial charge in [-0.15, -0.1) is 5.10 Å². The Kier molecular flexibility index (Phi) is 2.51. The van der Waals surface area contributed by atoms with Crippen LogP contribution in [0.3, 0.4) is 0 Å². The Hall–Kier alpha value is -2.05. The average Bonchev–Trinajstić information content (AvgIpc) is 2.67. The standard InChI is InChI=1S/C9H12N4O3/c1-3-4-5-6(14)10-8-11-9(16-2)12-13(8)7(5)15/h15H,3-4H2,1-2H3,(H,10,11,12,14). The van der Waals surface area contributed by atoms with Crippen LogP contribution in [0, 0.1) is 0 Å². The second-order valence-corrected chi connectivity index (χ2v) is 3.34. The topological polar surface area (TPSA) is 92.5 Å². The summed E-state index contributed by atoms with van der Waals surface area (Å²) in [5, 5.41) is 13.7. The number of aromatic nitrogens is 4. The van der Waals surface area contributed by atoms with Crippen molar-refractivity contribution in [2.24, 2.45) is 0 Å². The van der Waals surface area contributed by atoms with Crippen molar-refractivity contribution in [1.29, 1.82) is 0 Å². The maximum atomic E-state index is 11.6. The van der Waals surface area contributed by atoms with Gasteiger partial charge in [-0.25, -0.2) is 0 Å². The number of methoxy groups -OCH3 is 1. The predicted octanol–water partition coefficient (Wildman–Crippen LogP) is 0.0843. The summed E-state index contributed by atoms with van der Waals surface area (Å²) in [4.78, 5) is 18.0. The molecule has 0 aliphatic heterocycles. The molecule has 7 heteroatoms. The molecule has 0 radical (unpaired) electrons. The third-order valence-corrected chi connectivity index (χ3v) is 2.24. The zero-order chi connectivity index (χ0) is 11.7. The van der Waals surface area contributed by atoms with Gasteiger partial charge >= 0.3 is 6.01 Å². The van der Waals surface area contributed by atoms with E-state index >= 15 is 0 Å². The Morgan fingerprint density at radius 1 is 1.56 bits per heavy atom. The van der Waals surface area contributed by atoms with Crippen LogP contribution in [0.2, 0.25) is 0 Å². The first kappa shape index (κ1) is 10.5. The molecule has 2 rings (SSSR count). The van der Waals surface area contributed by atoms with Crippen LogP contribution in [0.4, 0.5) is 0 Å². The minimum atomic E-state index is -0.345. The van der Waals surface area contributed by atoms with E-state index in [2.05, 4.69) is 15.1 Å². The van der Waals surface area contributed by atoms with E-state index < -0.39 is 0 Å². The molecule has 2 aromatic heterocycles. The number of aromatic hydroxyl groups is 1. The van der Waals surface area contributed by atoms with Crippen molar-refractivity contribution in [3.05, 3.63) is 15.9 Å². The summed E-state index contributed by atoms with van der Waals surface area (Å²) >= 11 is 0. The molecule has 0 fully saturated rings. The van der Waals surface area contributed by atoms with Gasteiger partial charge < -0.3 is 9.84 Å². The molecule has 0 amide bonds. The highest BCUT2D eigenvalue weighted by molar-refractivity contribution is 5.36. The number of nitrogens with zero attached hydrogens (tertiary/aromatic N) is 3. The van der Waals surface area contributed by atoms with Crippen molar-refractivity contribution < 1.29 is 9.84 Å². The van der Waals surface area contributed by atoms with Crippen LogP contribution in [0.1, 0.15) is 18.9 Å². The molecular formula is C9H12N4O3. The molecule has 0 atom stereocenters. The summed E-state index contributed by atoms with van der Waals surface area (Å²) in [5.74, 6) is -0.0180. The molecule has 0 bridgehead atoms. The fourth-order valence-electron chi connectivity index (χ4n) is 1.49. The number of H-pyrrole nitrogens is 1. The summed E-state index contributed by atoms with van der Waals surface area (Å²) in [6.45, 7) is 1.92. The first-order chi connectivity index (χ1) is 7.67. The third-order valence-electron chi connectivity index (χ3n) is 2.24. The Morgan fingerprint density at radius 3 is 2.94 bits per heavy atom. The summed E-state index contributed by atoms with van der Waals surface area (Å²) in [6.07, 6.45) is 1.24. The highest BCUT2D eigenvalue weighted by Gasteiger charge is 2.14.